The molecule has 2 aliphatic heterocycles. The largest absolute Gasteiger partial charge is 0.369 e. The summed E-state index contributed by atoms with van der Waals surface area (Å²) in [5.41, 5.74) is 0. The third-order valence-corrected chi connectivity index (χ3v) is 3.47. The lowest BCUT2D eigenvalue weighted by Gasteiger charge is -2.29. The van der Waals surface area contributed by atoms with Gasteiger partial charge in [0.2, 0.25) is 0 Å². The van der Waals surface area contributed by atoms with E-state index in [0.29, 0.717) is 12.1 Å². The van der Waals surface area contributed by atoms with E-state index in [0.717, 1.165) is 32.0 Å². The van der Waals surface area contributed by atoms with Gasteiger partial charge in [0.15, 0.2) is 0 Å². The monoisotopic (exact) mass is 221 g/mol. The molecule has 3 rings (SSSR count). The van der Waals surface area contributed by atoms with E-state index in [-0.39, 0.29) is 0 Å². The van der Waals surface area contributed by atoms with Crippen LogP contribution in [0.3, 0.4) is 0 Å². The van der Waals surface area contributed by atoms with Gasteiger partial charge in [0.25, 0.3) is 0 Å². The molecule has 0 bridgehead atoms. The second-order valence-electron chi connectivity index (χ2n) is 4.65. The molecule has 0 aromatic carbocycles. The van der Waals surface area contributed by atoms with Gasteiger partial charge in [0.05, 0.1) is 12.2 Å². The van der Waals surface area contributed by atoms with Crippen molar-refractivity contribution in [2.75, 3.05) is 31.5 Å². The highest BCUT2D eigenvalue weighted by molar-refractivity contribution is 5.35. The molecular weight excluding hydrogens is 202 g/mol. The topological polar surface area (TPSA) is 53.9 Å². The van der Waals surface area contributed by atoms with E-state index < -0.39 is 0 Å². The predicted molar refractivity (Wildman–Crippen MR) is 63.6 cm³/mol. The third-order valence-electron chi connectivity index (χ3n) is 3.47. The average molecular weight is 221 g/mol. The van der Waals surface area contributed by atoms with Crippen molar-refractivity contribution in [1.29, 1.82) is 0 Å². The van der Waals surface area contributed by atoms with Crippen LogP contribution < -0.4 is 16.0 Å². The lowest BCUT2D eigenvalue weighted by molar-refractivity contribution is 0.321. The Balaban J connectivity index is 1.58. The summed E-state index contributed by atoms with van der Waals surface area (Å²) in [6.07, 6.45) is 4.47. The van der Waals surface area contributed by atoms with Crippen LogP contribution in [0.5, 0.6) is 0 Å². The first-order valence-corrected chi connectivity index (χ1v) is 6.15. The quantitative estimate of drug-likeness (QED) is 0.679. The molecule has 2 saturated heterocycles. The molecule has 5 heteroatoms. The first kappa shape index (κ1) is 10.1. The second-order valence-corrected chi connectivity index (χ2v) is 4.65. The van der Waals surface area contributed by atoms with E-state index in [4.69, 9.17) is 0 Å². The molecule has 2 aliphatic rings. The van der Waals surface area contributed by atoms with E-state index in [2.05, 4.69) is 31.8 Å². The number of nitrogens with one attached hydrogen (secondary N) is 3. The first-order chi connectivity index (χ1) is 7.93. The molecule has 5 nitrogen and oxygen atoms in total. The summed E-state index contributed by atoms with van der Waals surface area (Å²) in [6.45, 7) is 4.25. The molecule has 0 amide bonds. The first-order valence-electron chi connectivity index (χ1n) is 6.15. The molecule has 88 valence electrons. The van der Waals surface area contributed by atoms with Gasteiger partial charge in [-0.3, -0.25) is 0 Å². The smallest absolute Gasteiger partial charge is 0.124 e. The lowest BCUT2D eigenvalue weighted by Crippen LogP contribution is -2.44. The minimum atomic E-state index is 0.536. The van der Waals surface area contributed by atoms with Crippen LogP contribution in [0.2, 0.25) is 0 Å². The SMILES string of the molecule is c1cc(NC[C@H]2CCCN2)n(C2CNC2)n1. The van der Waals surface area contributed by atoms with Crippen molar-refractivity contribution in [1.82, 2.24) is 20.4 Å². The Kier molecular flexibility index (Phi) is 2.80. The summed E-state index contributed by atoms with van der Waals surface area (Å²) in [6, 6.07) is 3.23. The standard InChI is InChI=1S/C11H19N5/c1-2-9(13-4-1)6-14-11-3-5-15-16(11)10-7-12-8-10/h3,5,9-10,12-14H,1-2,4,6-8H2/t9-/m1/s1. The number of rotatable bonds is 4. The highest BCUT2D eigenvalue weighted by atomic mass is 15.4. The Morgan fingerprint density at radius 2 is 2.44 bits per heavy atom. The summed E-state index contributed by atoms with van der Waals surface area (Å²) < 4.78 is 2.10. The summed E-state index contributed by atoms with van der Waals surface area (Å²) in [7, 11) is 0. The van der Waals surface area contributed by atoms with Gasteiger partial charge >= 0.3 is 0 Å². The second kappa shape index (κ2) is 4.43. The summed E-state index contributed by atoms with van der Waals surface area (Å²) in [4.78, 5) is 0. The zero-order valence-electron chi connectivity index (χ0n) is 9.45. The van der Waals surface area contributed by atoms with Gasteiger partial charge in [-0.2, -0.15) is 5.10 Å². The normalized spacial score (nSPS) is 25.6. The lowest BCUT2D eigenvalue weighted by atomic mass is 10.2. The zero-order valence-corrected chi connectivity index (χ0v) is 9.45. The van der Waals surface area contributed by atoms with Gasteiger partial charge in [0.1, 0.15) is 5.82 Å². The minimum absolute atomic E-state index is 0.536. The molecule has 0 radical (unpaired) electrons. The zero-order chi connectivity index (χ0) is 10.8. The summed E-state index contributed by atoms with van der Waals surface area (Å²) in [5, 5.41) is 14.6. The van der Waals surface area contributed by atoms with Crippen molar-refractivity contribution >= 4 is 5.82 Å². The maximum absolute atomic E-state index is 4.38. The van der Waals surface area contributed by atoms with Gasteiger partial charge < -0.3 is 16.0 Å². The summed E-state index contributed by atoms with van der Waals surface area (Å²) >= 11 is 0. The number of aromatic nitrogens is 2. The van der Waals surface area contributed by atoms with Crippen LogP contribution in [-0.2, 0) is 0 Å². The maximum atomic E-state index is 4.38. The van der Waals surface area contributed by atoms with Crippen molar-refractivity contribution in [3.8, 4) is 0 Å². The molecule has 3 heterocycles. The van der Waals surface area contributed by atoms with Crippen molar-refractivity contribution in [3.63, 3.8) is 0 Å². The van der Waals surface area contributed by atoms with E-state index in [1.54, 1.807) is 0 Å². The predicted octanol–water partition coefficient (Wildman–Crippen LogP) is 0.191. The fourth-order valence-electron chi connectivity index (χ4n) is 2.35. The van der Waals surface area contributed by atoms with Crippen LogP contribution in [0.15, 0.2) is 12.3 Å². The van der Waals surface area contributed by atoms with Crippen LogP contribution in [0.4, 0.5) is 5.82 Å². The molecule has 3 N–H and O–H groups in total. The van der Waals surface area contributed by atoms with Crippen molar-refractivity contribution in [2.45, 2.75) is 24.9 Å². The van der Waals surface area contributed by atoms with E-state index in [9.17, 15) is 0 Å². The number of nitrogens with zero attached hydrogens (tertiary/aromatic N) is 2. The Morgan fingerprint density at radius 1 is 1.50 bits per heavy atom. The molecule has 2 fully saturated rings. The highest BCUT2D eigenvalue weighted by Gasteiger charge is 2.22. The Morgan fingerprint density at radius 3 is 3.12 bits per heavy atom. The van der Waals surface area contributed by atoms with Gasteiger partial charge in [-0.15, -0.1) is 0 Å². The van der Waals surface area contributed by atoms with Gasteiger partial charge in [-0.1, -0.05) is 0 Å². The molecule has 0 saturated carbocycles. The molecule has 1 aromatic heterocycles. The average Bonchev–Trinajstić information content (AvgIpc) is 2.82. The molecular formula is C11H19N5. The molecule has 1 atom stereocenters. The molecule has 0 aliphatic carbocycles. The van der Waals surface area contributed by atoms with Crippen molar-refractivity contribution in [3.05, 3.63) is 12.3 Å². The molecule has 0 unspecified atom stereocenters. The minimum Gasteiger partial charge on any atom is -0.369 e. The van der Waals surface area contributed by atoms with E-state index >= 15 is 0 Å². The van der Waals surface area contributed by atoms with Crippen LogP contribution in [0, 0.1) is 0 Å². The van der Waals surface area contributed by atoms with Crippen LogP contribution in [-0.4, -0.2) is 42.0 Å². The Bertz CT molecular complexity index is 338. The number of anilines is 1. The van der Waals surface area contributed by atoms with E-state index in [1.807, 2.05) is 6.20 Å². The van der Waals surface area contributed by atoms with Gasteiger partial charge in [-0.05, 0) is 19.4 Å². The Labute approximate surface area is 95.6 Å². The fourth-order valence-corrected chi connectivity index (χ4v) is 2.35. The van der Waals surface area contributed by atoms with Crippen LogP contribution in [0.25, 0.3) is 0 Å². The fraction of sp³-hybridized carbons (Fsp3) is 0.727. The van der Waals surface area contributed by atoms with Crippen molar-refractivity contribution in [2.24, 2.45) is 0 Å². The molecule has 1 aromatic rings. The number of hydrogen-bond donors (Lipinski definition) is 3. The van der Waals surface area contributed by atoms with Crippen LogP contribution >= 0.6 is 0 Å². The molecule has 16 heavy (non-hydrogen) atoms. The van der Waals surface area contributed by atoms with Crippen LogP contribution in [0.1, 0.15) is 18.9 Å². The number of hydrogen-bond acceptors (Lipinski definition) is 4. The maximum Gasteiger partial charge on any atom is 0.124 e. The molecule has 0 spiro atoms. The van der Waals surface area contributed by atoms with Crippen molar-refractivity contribution < 1.29 is 0 Å². The highest BCUT2D eigenvalue weighted by Crippen LogP contribution is 2.17. The van der Waals surface area contributed by atoms with Gasteiger partial charge in [-0.25, -0.2) is 4.68 Å². The van der Waals surface area contributed by atoms with Gasteiger partial charge in [0, 0.05) is 31.7 Å². The third kappa shape index (κ3) is 1.92. The van der Waals surface area contributed by atoms with E-state index in [1.165, 1.54) is 12.8 Å². The Hall–Kier alpha value is -1.07. The summed E-state index contributed by atoms with van der Waals surface area (Å²) in [5.74, 6) is 1.15.